The number of carbonyl (C=O) groups is 1. The number of aromatic nitrogens is 3. The van der Waals surface area contributed by atoms with Gasteiger partial charge in [-0.2, -0.15) is 0 Å². The molecular formula is C17H15ClN4O2. The molecule has 0 bridgehead atoms. The van der Waals surface area contributed by atoms with E-state index in [0.29, 0.717) is 34.2 Å². The van der Waals surface area contributed by atoms with Crippen LogP contribution in [0.25, 0.3) is 11.2 Å². The van der Waals surface area contributed by atoms with Crippen molar-refractivity contribution in [3.63, 3.8) is 0 Å². The molecular weight excluding hydrogens is 328 g/mol. The Labute approximate surface area is 143 Å². The molecule has 1 amide bonds. The van der Waals surface area contributed by atoms with Gasteiger partial charge in [-0.15, -0.1) is 0 Å². The monoisotopic (exact) mass is 342 g/mol. The number of benzene rings is 1. The Morgan fingerprint density at radius 2 is 2.25 bits per heavy atom. The van der Waals surface area contributed by atoms with Crippen LogP contribution in [0.15, 0.2) is 30.5 Å². The minimum Gasteiger partial charge on any atom is -0.487 e. The Hall–Kier alpha value is -2.60. The molecule has 2 aromatic heterocycles. The fourth-order valence-electron chi connectivity index (χ4n) is 2.90. The fourth-order valence-corrected chi connectivity index (χ4v) is 3.06. The van der Waals surface area contributed by atoms with Gasteiger partial charge < -0.3 is 14.6 Å². The number of pyridine rings is 1. The zero-order valence-corrected chi connectivity index (χ0v) is 14.0. The summed E-state index contributed by atoms with van der Waals surface area (Å²) in [6.07, 6.45) is 1.45. The molecule has 1 aliphatic rings. The molecule has 0 radical (unpaired) electrons. The normalized spacial score (nSPS) is 16.8. The Bertz CT molecular complexity index is 953. The Balaban J connectivity index is 1.76. The molecule has 0 saturated carbocycles. The second kappa shape index (κ2) is 5.49. The summed E-state index contributed by atoms with van der Waals surface area (Å²) in [4.78, 5) is 26.3. The average molecular weight is 343 g/mol. The third-order valence-electron chi connectivity index (χ3n) is 3.93. The van der Waals surface area contributed by atoms with E-state index in [4.69, 9.17) is 16.3 Å². The number of carbonyl (C=O) groups excluding carboxylic acids is 1. The van der Waals surface area contributed by atoms with Crippen LogP contribution in [0.4, 0.5) is 5.69 Å². The van der Waals surface area contributed by atoms with Crippen LogP contribution in [0.2, 0.25) is 5.02 Å². The van der Waals surface area contributed by atoms with Gasteiger partial charge in [0.2, 0.25) is 0 Å². The molecule has 122 valence electrons. The van der Waals surface area contributed by atoms with Crippen molar-refractivity contribution in [3.8, 4) is 5.75 Å². The molecule has 6 nitrogen and oxygen atoms in total. The molecule has 0 aliphatic carbocycles. The number of aromatic amines is 1. The van der Waals surface area contributed by atoms with Crippen LogP contribution in [-0.2, 0) is 0 Å². The van der Waals surface area contributed by atoms with E-state index >= 15 is 0 Å². The lowest BCUT2D eigenvalue weighted by Crippen LogP contribution is -2.42. The molecule has 24 heavy (non-hydrogen) atoms. The lowest BCUT2D eigenvalue weighted by molar-refractivity contribution is 0.0961. The van der Waals surface area contributed by atoms with E-state index in [1.165, 1.54) is 0 Å². The maximum atomic E-state index is 13.0. The first-order chi connectivity index (χ1) is 11.5. The van der Waals surface area contributed by atoms with Crippen LogP contribution in [0.5, 0.6) is 5.75 Å². The van der Waals surface area contributed by atoms with Gasteiger partial charge in [0, 0.05) is 11.2 Å². The van der Waals surface area contributed by atoms with E-state index in [-0.39, 0.29) is 12.0 Å². The molecule has 1 N–H and O–H groups in total. The molecule has 1 atom stereocenters. The summed E-state index contributed by atoms with van der Waals surface area (Å²) >= 11 is 6.09. The van der Waals surface area contributed by atoms with Gasteiger partial charge in [-0.05, 0) is 38.1 Å². The standard InChI is InChI=1S/C17H15ClN4O2/c1-9-8-22(14-6-12(18)3-4-15(14)24-9)17(23)11-5-13-16(19-7-11)21-10(2)20-13/h3-7,9H,8H2,1-2H3,(H,19,20,21)/t9-/m0/s1. The highest BCUT2D eigenvalue weighted by molar-refractivity contribution is 6.31. The van der Waals surface area contributed by atoms with Crippen LogP contribution in [-0.4, -0.2) is 33.5 Å². The maximum Gasteiger partial charge on any atom is 0.260 e. The second-order valence-electron chi connectivity index (χ2n) is 5.87. The quantitative estimate of drug-likeness (QED) is 0.736. The molecule has 1 aliphatic heterocycles. The molecule has 0 spiro atoms. The van der Waals surface area contributed by atoms with Gasteiger partial charge in [0.15, 0.2) is 5.65 Å². The number of amides is 1. The first kappa shape index (κ1) is 15.0. The van der Waals surface area contributed by atoms with E-state index in [9.17, 15) is 4.79 Å². The number of nitrogens with one attached hydrogen (secondary N) is 1. The van der Waals surface area contributed by atoms with Gasteiger partial charge in [-0.3, -0.25) is 4.79 Å². The van der Waals surface area contributed by atoms with Crippen molar-refractivity contribution in [2.75, 3.05) is 11.4 Å². The number of hydrogen-bond acceptors (Lipinski definition) is 4. The minimum absolute atomic E-state index is 0.103. The van der Waals surface area contributed by atoms with Crippen molar-refractivity contribution < 1.29 is 9.53 Å². The number of H-pyrrole nitrogens is 1. The number of hydrogen-bond donors (Lipinski definition) is 1. The molecule has 0 unspecified atom stereocenters. The van der Waals surface area contributed by atoms with E-state index < -0.39 is 0 Å². The van der Waals surface area contributed by atoms with Crippen LogP contribution in [0, 0.1) is 6.92 Å². The van der Waals surface area contributed by atoms with E-state index in [2.05, 4.69) is 15.0 Å². The number of rotatable bonds is 1. The van der Waals surface area contributed by atoms with E-state index in [1.54, 1.807) is 35.4 Å². The summed E-state index contributed by atoms with van der Waals surface area (Å²) in [7, 11) is 0. The van der Waals surface area contributed by atoms with Crippen molar-refractivity contribution >= 4 is 34.4 Å². The summed E-state index contributed by atoms with van der Waals surface area (Å²) in [5, 5.41) is 0.558. The van der Waals surface area contributed by atoms with Gasteiger partial charge in [0.25, 0.3) is 5.91 Å². The predicted octanol–water partition coefficient (Wildman–Crippen LogP) is 3.35. The van der Waals surface area contributed by atoms with Crippen molar-refractivity contribution in [3.05, 3.63) is 46.9 Å². The smallest absolute Gasteiger partial charge is 0.260 e. The van der Waals surface area contributed by atoms with E-state index in [0.717, 1.165) is 11.3 Å². The Kier molecular flexibility index (Phi) is 3.42. The van der Waals surface area contributed by atoms with Gasteiger partial charge >= 0.3 is 0 Å². The number of imidazole rings is 1. The topological polar surface area (TPSA) is 71.1 Å². The predicted molar refractivity (Wildman–Crippen MR) is 91.8 cm³/mol. The number of aryl methyl sites for hydroxylation is 1. The van der Waals surface area contributed by atoms with Crippen molar-refractivity contribution in [2.24, 2.45) is 0 Å². The minimum atomic E-state index is -0.143. The Morgan fingerprint density at radius 1 is 1.42 bits per heavy atom. The third-order valence-corrected chi connectivity index (χ3v) is 4.16. The summed E-state index contributed by atoms with van der Waals surface area (Å²) in [6.45, 7) is 4.23. The van der Waals surface area contributed by atoms with E-state index in [1.807, 2.05) is 13.8 Å². The van der Waals surface area contributed by atoms with Gasteiger partial charge in [-0.25, -0.2) is 9.97 Å². The molecule has 7 heteroatoms. The highest BCUT2D eigenvalue weighted by Gasteiger charge is 2.29. The molecule has 3 aromatic rings. The number of ether oxygens (including phenoxy) is 1. The first-order valence-corrected chi connectivity index (χ1v) is 7.99. The zero-order valence-electron chi connectivity index (χ0n) is 13.2. The van der Waals surface area contributed by atoms with Crippen LogP contribution in [0.3, 0.4) is 0 Å². The van der Waals surface area contributed by atoms with Crippen LogP contribution >= 0.6 is 11.6 Å². The van der Waals surface area contributed by atoms with Crippen molar-refractivity contribution in [2.45, 2.75) is 20.0 Å². The molecule has 3 heterocycles. The van der Waals surface area contributed by atoms with Crippen LogP contribution in [0.1, 0.15) is 23.1 Å². The first-order valence-electron chi connectivity index (χ1n) is 7.62. The van der Waals surface area contributed by atoms with Crippen molar-refractivity contribution in [1.29, 1.82) is 0 Å². The fraction of sp³-hybridized carbons (Fsp3) is 0.235. The van der Waals surface area contributed by atoms with Gasteiger partial charge in [0.05, 0.1) is 23.3 Å². The highest BCUT2D eigenvalue weighted by Crippen LogP contribution is 2.36. The summed E-state index contributed by atoms with van der Waals surface area (Å²) in [5.41, 5.74) is 2.51. The van der Waals surface area contributed by atoms with Crippen LogP contribution < -0.4 is 9.64 Å². The summed E-state index contributed by atoms with van der Waals surface area (Å²) in [5.74, 6) is 1.27. The van der Waals surface area contributed by atoms with Crippen molar-refractivity contribution in [1.82, 2.24) is 15.0 Å². The molecule has 0 fully saturated rings. The number of anilines is 1. The molecule has 0 saturated heterocycles. The average Bonchev–Trinajstić information content (AvgIpc) is 2.93. The largest absolute Gasteiger partial charge is 0.487 e. The third kappa shape index (κ3) is 2.49. The highest BCUT2D eigenvalue weighted by atomic mass is 35.5. The number of fused-ring (bicyclic) bond motifs is 2. The lowest BCUT2D eigenvalue weighted by atomic mass is 10.1. The Morgan fingerprint density at radius 3 is 3.08 bits per heavy atom. The summed E-state index contributed by atoms with van der Waals surface area (Å²) in [6, 6.07) is 7.05. The second-order valence-corrected chi connectivity index (χ2v) is 6.31. The van der Waals surface area contributed by atoms with Gasteiger partial charge in [-0.1, -0.05) is 11.6 Å². The summed E-state index contributed by atoms with van der Waals surface area (Å²) < 4.78 is 5.79. The SMILES string of the molecule is Cc1nc2ncc(C(=O)N3C[C@H](C)Oc4ccc(Cl)cc43)cc2[nH]1. The van der Waals surface area contributed by atoms with Gasteiger partial charge in [0.1, 0.15) is 17.7 Å². The molecule has 4 rings (SSSR count). The number of halogens is 1. The number of nitrogens with zero attached hydrogens (tertiary/aromatic N) is 3. The molecule has 1 aromatic carbocycles. The zero-order chi connectivity index (χ0) is 16.8. The maximum absolute atomic E-state index is 13.0. The lowest BCUT2D eigenvalue weighted by Gasteiger charge is -2.33.